The number of fused-ring (bicyclic) bond motifs is 1. The first-order valence-electron chi connectivity index (χ1n) is 23.5. The summed E-state index contributed by atoms with van der Waals surface area (Å²) < 4.78 is 28.7. The number of aromatic hydroxyl groups is 2. The van der Waals surface area contributed by atoms with Crippen molar-refractivity contribution in [2.24, 2.45) is 0 Å². The number of phenols is 2. The third kappa shape index (κ3) is 13.7. The van der Waals surface area contributed by atoms with Crippen molar-refractivity contribution in [1.29, 1.82) is 0 Å². The molecule has 3 aliphatic heterocycles. The summed E-state index contributed by atoms with van der Waals surface area (Å²) in [5.74, 6) is 0.346. The summed E-state index contributed by atoms with van der Waals surface area (Å²) in [7, 11) is 0. The van der Waals surface area contributed by atoms with E-state index in [0.29, 0.717) is 104 Å². The van der Waals surface area contributed by atoms with Gasteiger partial charge in [0.1, 0.15) is 29.9 Å². The van der Waals surface area contributed by atoms with E-state index in [1.165, 1.54) is 4.90 Å². The van der Waals surface area contributed by atoms with Crippen molar-refractivity contribution in [2.45, 2.75) is 45.2 Å². The van der Waals surface area contributed by atoms with E-state index in [1.807, 2.05) is 53.4 Å². The molecular weight excluding hydrogens is 871 g/mol. The molecule has 1 unspecified atom stereocenters. The number of benzene rings is 4. The van der Waals surface area contributed by atoms with Gasteiger partial charge in [-0.25, -0.2) is 0 Å². The Labute approximate surface area is 397 Å². The van der Waals surface area contributed by atoms with Crippen molar-refractivity contribution in [3.8, 4) is 17.2 Å². The second-order valence-corrected chi connectivity index (χ2v) is 16.8. The molecule has 4 aromatic rings. The molecule has 3 aliphatic rings. The highest BCUT2D eigenvalue weighted by Crippen LogP contribution is 2.36. The maximum atomic E-state index is 13.0. The zero-order valence-electron chi connectivity index (χ0n) is 38.8. The van der Waals surface area contributed by atoms with Crippen molar-refractivity contribution in [3.63, 3.8) is 0 Å². The molecule has 362 valence electrons. The summed E-state index contributed by atoms with van der Waals surface area (Å²) in [5, 5.41) is 25.5. The summed E-state index contributed by atoms with van der Waals surface area (Å²) in [6.45, 7) is 10.4. The van der Waals surface area contributed by atoms with Crippen LogP contribution in [-0.4, -0.2) is 153 Å². The topological polar surface area (TPSA) is 189 Å². The molecule has 0 bridgehead atoms. The third-order valence-electron chi connectivity index (χ3n) is 12.3. The van der Waals surface area contributed by atoms with Crippen LogP contribution in [0.25, 0.3) is 11.1 Å². The first-order valence-corrected chi connectivity index (χ1v) is 23.5. The second kappa shape index (κ2) is 25.2. The number of carbonyl (C=O) groups is 4. The standard InChI is InChI=1S/C52H63N5O11/c1-2-43(37-6-12-40(58)13-7-37)50(38-8-14-41(59)15-9-38)39-10-16-42(17-11-39)68-29-26-55-22-24-56(25-23-55)49(61)20-27-64-30-32-66-34-35-67-33-31-65-28-21-53-46-5-3-4-44-45(46)36-57(52(44)63)47-18-19-48(60)54-51(47)62/h3-17,47,53,58-59H,2,18-36H2,1H3,(H,54,60,62). The number of rotatable bonds is 25. The number of nitrogens with one attached hydrogen (secondary N) is 2. The number of anilines is 1. The minimum atomic E-state index is -0.651. The lowest BCUT2D eigenvalue weighted by Crippen LogP contribution is -2.52. The fourth-order valence-electron chi connectivity index (χ4n) is 8.65. The Bertz CT molecular complexity index is 2330. The summed E-state index contributed by atoms with van der Waals surface area (Å²) >= 11 is 0. The Morgan fingerprint density at radius 1 is 0.706 bits per heavy atom. The molecule has 2 saturated heterocycles. The van der Waals surface area contributed by atoms with E-state index in [4.69, 9.17) is 23.7 Å². The lowest BCUT2D eigenvalue weighted by molar-refractivity contribution is -0.137. The highest BCUT2D eigenvalue weighted by Gasteiger charge is 2.39. The van der Waals surface area contributed by atoms with Crippen LogP contribution in [0.3, 0.4) is 0 Å². The normalized spacial score (nSPS) is 16.7. The average molecular weight is 934 g/mol. The summed E-state index contributed by atoms with van der Waals surface area (Å²) in [5.41, 5.74) is 7.42. The van der Waals surface area contributed by atoms with Crippen LogP contribution in [0.15, 0.2) is 91.0 Å². The largest absolute Gasteiger partial charge is 0.508 e. The molecule has 16 nitrogen and oxygen atoms in total. The molecule has 16 heteroatoms. The fraction of sp³-hybridized carbons (Fsp3) is 0.423. The Hall–Kier alpha value is -6.30. The van der Waals surface area contributed by atoms with E-state index in [9.17, 15) is 29.4 Å². The highest BCUT2D eigenvalue weighted by molar-refractivity contribution is 6.06. The number of nitrogens with zero attached hydrogens (tertiary/aromatic N) is 3. The predicted octanol–water partition coefficient (Wildman–Crippen LogP) is 5.32. The van der Waals surface area contributed by atoms with E-state index in [1.54, 1.807) is 30.3 Å². The monoisotopic (exact) mass is 933 g/mol. The number of piperidine rings is 1. The number of piperazine rings is 1. The van der Waals surface area contributed by atoms with Crippen molar-refractivity contribution in [2.75, 3.05) is 104 Å². The van der Waals surface area contributed by atoms with Crippen molar-refractivity contribution < 1.29 is 53.1 Å². The molecule has 0 saturated carbocycles. The number of phenolic OH excluding ortho intramolecular Hbond substituents is 2. The molecule has 0 aliphatic carbocycles. The quantitative estimate of drug-likeness (QED) is 0.0380. The van der Waals surface area contributed by atoms with E-state index in [2.05, 4.69) is 34.6 Å². The van der Waals surface area contributed by atoms with Gasteiger partial charge in [-0.2, -0.15) is 0 Å². The van der Waals surface area contributed by atoms with Gasteiger partial charge >= 0.3 is 0 Å². The molecule has 4 N–H and O–H groups in total. The summed E-state index contributed by atoms with van der Waals surface area (Å²) in [6.07, 6.45) is 1.64. The zero-order chi connectivity index (χ0) is 47.7. The molecule has 2 fully saturated rings. The number of amides is 4. The van der Waals surface area contributed by atoms with Crippen molar-refractivity contribution in [3.05, 3.63) is 119 Å². The van der Waals surface area contributed by atoms with Crippen LogP contribution < -0.4 is 15.4 Å². The van der Waals surface area contributed by atoms with Gasteiger partial charge in [0.15, 0.2) is 0 Å². The third-order valence-corrected chi connectivity index (χ3v) is 12.3. The van der Waals surface area contributed by atoms with Crippen molar-refractivity contribution in [1.82, 2.24) is 20.0 Å². The second-order valence-electron chi connectivity index (χ2n) is 16.8. The zero-order valence-corrected chi connectivity index (χ0v) is 38.8. The van der Waals surface area contributed by atoms with Gasteiger partial charge in [-0.05, 0) is 89.2 Å². The van der Waals surface area contributed by atoms with Gasteiger partial charge in [0.25, 0.3) is 5.91 Å². The van der Waals surface area contributed by atoms with Crippen LogP contribution >= 0.6 is 0 Å². The Kier molecular flexibility index (Phi) is 18.4. The highest BCUT2D eigenvalue weighted by atomic mass is 16.6. The Balaban J connectivity index is 0.690. The van der Waals surface area contributed by atoms with Gasteiger partial charge in [-0.15, -0.1) is 0 Å². The van der Waals surface area contributed by atoms with Gasteiger partial charge in [-0.1, -0.05) is 49.4 Å². The lowest BCUT2D eigenvalue weighted by atomic mass is 9.88. The molecule has 0 spiro atoms. The summed E-state index contributed by atoms with van der Waals surface area (Å²) in [6, 6.07) is 27.3. The fourth-order valence-corrected chi connectivity index (χ4v) is 8.65. The van der Waals surface area contributed by atoms with Crippen LogP contribution in [-0.2, 0) is 39.9 Å². The van der Waals surface area contributed by atoms with Crippen LogP contribution in [0.4, 0.5) is 5.69 Å². The van der Waals surface area contributed by atoms with Crippen LogP contribution in [0.1, 0.15) is 65.2 Å². The van der Waals surface area contributed by atoms with Crippen LogP contribution in [0.2, 0.25) is 0 Å². The maximum Gasteiger partial charge on any atom is 0.255 e. The Morgan fingerprint density at radius 3 is 1.91 bits per heavy atom. The Morgan fingerprint density at radius 2 is 1.29 bits per heavy atom. The summed E-state index contributed by atoms with van der Waals surface area (Å²) in [4.78, 5) is 55.5. The number of allylic oxidation sites excluding steroid dienone is 1. The van der Waals surface area contributed by atoms with E-state index in [-0.39, 0.29) is 35.6 Å². The molecule has 3 heterocycles. The van der Waals surface area contributed by atoms with E-state index >= 15 is 0 Å². The number of imide groups is 1. The van der Waals surface area contributed by atoms with Crippen LogP contribution in [0, 0.1) is 0 Å². The molecule has 0 radical (unpaired) electrons. The average Bonchev–Trinajstić information content (AvgIpc) is 3.69. The lowest BCUT2D eigenvalue weighted by Gasteiger charge is -2.34. The van der Waals surface area contributed by atoms with Gasteiger partial charge < -0.3 is 49.0 Å². The van der Waals surface area contributed by atoms with Gasteiger partial charge in [0.05, 0.1) is 59.3 Å². The van der Waals surface area contributed by atoms with Crippen LogP contribution in [0.5, 0.6) is 17.2 Å². The predicted molar refractivity (Wildman–Crippen MR) is 256 cm³/mol. The number of ether oxygens (including phenoxy) is 5. The molecule has 7 rings (SSSR count). The molecular formula is C52H63N5O11. The van der Waals surface area contributed by atoms with Gasteiger partial charge in [0.2, 0.25) is 17.7 Å². The molecule has 4 amide bonds. The smallest absolute Gasteiger partial charge is 0.255 e. The first kappa shape index (κ1) is 49.6. The maximum absolute atomic E-state index is 13.0. The van der Waals surface area contributed by atoms with E-state index < -0.39 is 11.9 Å². The van der Waals surface area contributed by atoms with Gasteiger partial charge in [0, 0.05) is 69.0 Å². The molecule has 0 aromatic heterocycles. The minimum absolute atomic E-state index is 0.0871. The number of hydrogen-bond acceptors (Lipinski definition) is 13. The number of carbonyl (C=O) groups excluding carboxylic acids is 4. The number of hydrogen-bond donors (Lipinski definition) is 4. The molecule has 68 heavy (non-hydrogen) atoms. The minimum Gasteiger partial charge on any atom is -0.508 e. The first-order chi connectivity index (χ1) is 33.2. The molecule has 4 aromatic carbocycles. The SMILES string of the molecule is CCC(=C(c1ccc(O)cc1)c1ccc(OCCN2CCN(C(=O)CCOCCOCCOCCOCCNc3cccc4c3CN(C3CCC(=O)NC3=O)C4=O)CC2)cc1)c1ccc(O)cc1. The molecule has 1 atom stereocenters. The van der Waals surface area contributed by atoms with E-state index in [0.717, 1.165) is 70.9 Å². The van der Waals surface area contributed by atoms with Gasteiger partial charge in [-0.3, -0.25) is 29.4 Å². The van der Waals surface area contributed by atoms with Crippen molar-refractivity contribution >= 4 is 40.5 Å².